The second kappa shape index (κ2) is 4.81. The molecule has 2 saturated heterocycles. The van der Waals surface area contributed by atoms with Crippen molar-refractivity contribution in [2.24, 2.45) is 0 Å². The van der Waals surface area contributed by atoms with Gasteiger partial charge in [0.2, 0.25) is 0 Å². The average Bonchev–Trinajstić information content (AvgIpc) is 2.89. The minimum absolute atomic E-state index is 0.180. The Kier molecular flexibility index (Phi) is 3.43. The normalized spacial score (nSPS) is 27.3. The van der Waals surface area contributed by atoms with Crippen LogP contribution in [0.25, 0.3) is 0 Å². The molecule has 5 heteroatoms. The molecule has 0 aromatic rings. The Hall–Kier alpha value is -0.810. The van der Waals surface area contributed by atoms with Crippen molar-refractivity contribution in [3.8, 4) is 0 Å². The number of rotatable bonds is 2. The summed E-state index contributed by atoms with van der Waals surface area (Å²) in [6.07, 6.45) is 0.849. The first kappa shape index (κ1) is 10.7. The number of carbonyl (C=O) groups is 1. The molecule has 0 radical (unpaired) electrons. The minimum Gasteiger partial charge on any atom is -0.450 e. The number of hydrogen-bond acceptors (Lipinski definition) is 4. The number of likely N-dealkylation sites (tertiary alicyclic amines) is 1. The van der Waals surface area contributed by atoms with Gasteiger partial charge in [-0.15, -0.1) is 0 Å². The van der Waals surface area contributed by atoms with Gasteiger partial charge >= 0.3 is 6.09 Å². The van der Waals surface area contributed by atoms with Crippen LogP contribution in [0.15, 0.2) is 0 Å². The summed E-state index contributed by atoms with van der Waals surface area (Å²) in [4.78, 5) is 15.5. The van der Waals surface area contributed by atoms with E-state index in [9.17, 15) is 4.79 Å². The molecule has 2 heterocycles. The van der Waals surface area contributed by atoms with Gasteiger partial charge in [-0.25, -0.2) is 4.79 Å². The summed E-state index contributed by atoms with van der Waals surface area (Å²) in [7, 11) is 0. The third-order valence-corrected chi connectivity index (χ3v) is 2.99. The monoisotopic (exact) mass is 214 g/mol. The highest BCUT2D eigenvalue weighted by molar-refractivity contribution is 5.68. The van der Waals surface area contributed by atoms with E-state index in [1.807, 2.05) is 6.92 Å². The Morgan fingerprint density at radius 3 is 3.07 bits per heavy atom. The Morgan fingerprint density at radius 1 is 1.53 bits per heavy atom. The van der Waals surface area contributed by atoms with Crippen molar-refractivity contribution in [2.75, 3.05) is 39.6 Å². The van der Waals surface area contributed by atoms with Gasteiger partial charge in [0.1, 0.15) is 0 Å². The number of nitrogens with zero attached hydrogens (tertiary/aromatic N) is 2. The number of amides is 1. The van der Waals surface area contributed by atoms with E-state index in [1.165, 1.54) is 0 Å². The molecule has 0 bridgehead atoms. The second-order valence-electron chi connectivity index (χ2n) is 3.94. The molecule has 2 fully saturated rings. The lowest BCUT2D eigenvalue weighted by Gasteiger charge is -2.21. The molecule has 1 unspecified atom stereocenters. The standard InChI is InChI=1S/C10H18N2O3/c1-2-15-10(13)11-4-3-9(7-11)12-5-6-14-8-12/h9H,2-8H2,1H3. The largest absolute Gasteiger partial charge is 0.450 e. The summed E-state index contributed by atoms with van der Waals surface area (Å²) >= 11 is 0. The third-order valence-electron chi connectivity index (χ3n) is 2.99. The van der Waals surface area contributed by atoms with Crippen molar-refractivity contribution in [3.05, 3.63) is 0 Å². The maximum atomic E-state index is 11.5. The van der Waals surface area contributed by atoms with E-state index in [0.717, 1.165) is 32.7 Å². The first-order valence-electron chi connectivity index (χ1n) is 5.54. The molecule has 0 aromatic heterocycles. The Balaban J connectivity index is 1.80. The van der Waals surface area contributed by atoms with Crippen LogP contribution in [0.1, 0.15) is 13.3 Å². The summed E-state index contributed by atoms with van der Waals surface area (Å²) in [6, 6.07) is 0.455. The molecule has 5 nitrogen and oxygen atoms in total. The first-order valence-corrected chi connectivity index (χ1v) is 5.54. The van der Waals surface area contributed by atoms with Crippen LogP contribution >= 0.6 is 0 Å². The van der Waals surface area contributed by atoms with Crippen LogP contribution in [-0.4, -0.2) is 61.5 Å². The van der Waals surface area contributed by atoms with Gasteiger partial charge in [0, 0.05) is 25.7 Å². The van der Waals surface area contributed by atoms with Gasteiger partial charge in [0.25, 0.3) is 0 Å². The van der Waals surface area contributed by atoms with Gasteiger partial charge in [-0.1, -0.05) is 0 Å². The maximum absolute atomic E-state index is 11.5. The molecule has 0 saturated carbocycles. The quantitative estimate of drug-likeness (QED) is 0.671. The van der Waals surface area contributed by atoms with E-state index >= 15 is 0 Å². The highest BCUT2D eigenvalue weighted by atomic mass is 16.6. The van der Waals surface area contributed by atoms with Gasteiger partial charge in [0.05, 0.1) is 19.9 Å². The van der Waals surface area contributed by atoms with Crippen LogP contribution in [0, 0.1) is 0 Å². The molecule has 1 amide bonds. The molecule has 0 aliphatic carbocycles. The molecule has 2 aliphatic heterocycles. The van der Waals surface area contributed by atoms with E-state index in [-0.39, 0.29) is 6.09 Å². The van der Waals surface area contributed by atoms with Crippen LogP contribution < -0.4 is 0 Å². The summed E-state index contributed by atoms with van der Waals surface area (Å²) in [5, 5.41) is 0. The van der Waals surface area contributed by atoms with Crippen molar-refractivity contribution < 1.29 is 14.3 Å². The zero-order chi connectivity index (χ0) is 10.7. The van der Waals surface area contributed by atoms with E-state index in [4.69, 9.17) is 9.47 Å². The van der Waals surface area contributed by atoms with Crippen LogP contribution in [0.5, 0.6) is 0 Å². The molecule has 86 valence electrons. The van der Waals surface area contributed by atoms with Gasteiger partial charge < -0.3 is 14.4 Å². The Bertz CT molecular complexity index is 229. The lowest BCUT2D eigenvalue weighted by molar-refractivity contribution is 0.101. The molecule has 1 atom stereocenters. The number of ether oxygens (including phenoxy) is 2. The molecular formula is C10H18N2O3. The van der Waals surface area contributed by atoms with Crippen molar-refractivity contribution >= 4 is 6.09 Å². The van der Waals surface area contributed by atoms with E-state index < -0.39 is 0 Å². The zero-order valence-electron chi connectivity index (χ0n) is 9.15. The fourth-order valence-corrected chi connectivity index (χ4v) is 2.14. The summed E-state index contributed by atoms with van der Waals surface area (Å²) in [5.41, 5.74) is 0. The predicted octanol–water partition coefficient (Wildman–Crippen LogP) is 0.507. The SMILES string of the molecule is CCOC(=O)N1CCC(N2CCOC2)C1. The lowest BCUT2D eigenvalue weighted by atomic mass is 10.2. The van der Waals surface area contributed by atoms with E-state index in [2.05, 4.69) is 4.90 Å². The first-order chi connectivity index (χ1) is 7.31. The summed E-state index contributed by atoms with van der Waals surface area (Å²) in [5.74, 6) is 0. The van der Waals surface area contributed by atoms with Gasteiger partial charge in [-0.2, -0.15) is 0 Å². The van der Waals surface area contributed by atoms with Crippen molar-refractivity contribution in [1.82, 2.24) is 9.80 Å². The van der Waals surface area contributed by atoms with Crippen LogP contribution in [0.3, 0.4) is 0 Å². The summed E-state index contributed by atoms with van der Waals surface area (Å²) in [6.45, 7) is 6.38. The van der Waals surface area contributed by atoms with Crippen molar-refractivity contribution in [1.29, 1.82) is 0 Å². The predicted molar refractivity (Wildman–Crippen MR) is 54.5 cm³/mol. The molecule has 0 aromatic carbocycles. The maximum Gasteiger partial charge on any atom is 0.409 e. The Labute approximate surface area is 89.9 Å². The zero-order valence-corrected chi connectivity index (χ0v) is 9.15. The fraction of sp³-hybridized carbons (Fsp3) is 0.900. The topological polar surface area (TPSA) is 42.0 Å². The highest BCUT2D eigenvalue weighted by Gasteiger charge is 2.32. The van der Waals surface area contributed by atoms with Gasteiger partial charge in [0.15, 0.2) is 0 Å². The minimum atomic E-state index is -0.180. The second-order valence-corrected chi connectivity index (χ2v) is 3.94. The van der Waals surface area contributed by atoms with Crippen LogP contribution in [-0.2, 0) is 9.47 Å². The molecular weight excluding hydrogens is 196 g/mol. The molecule has 0 spiro atoms. The average molecular weight is 214 g/mol. The molecule has 15 heavy (non-hydrogen) atoms. The molecule has 0 N–H and O–H groups in total. The van der Waals surface area contributed by atoms with Crippen LogP contribution in [0.4, 0.5) is 4.79 Å². The van der Waals surface area contributed by atoms with E-state index in [1.54, 1.807) is 4.90 Å². The third kappa shape index (κ3) is 2.41. The Morgan fingerprint density at radius 2 is 2.40 bits per heavy atom. The highest BCUT2D eigenvalue weighted by Crippen LogP contribution is 2.18. The van der Waals surface area contributed by atoms with Gasteiger partial charge in [-0.3, -0.25) is 4.90 Å². The number of carbonyl (C=O) groups excluding carboxylic acids is 1. The van der Waals surface area contributed by atoms with Crippen molar-refractivity contribution in [3.63, 3.8) is 0 Å². The lowest BCUT2D eigenvalue weighted by Crippen LogP contribution is -2.37. The van der Waals surface area contributed by atoms with E-state index in [0.29, 0.717) is 19.4 Å². The molecule has 2 aliphatic rings. The van der Waals surface area contributed by atoms with Crippen LogP contribution in [0.2, 0.25) is 0 Å². The van der Waals surface area contributed by atoms with Crippen molar-refractivity contribution in [2.45, 2.75) is 19.4 Å². The fourth-order valence-electron chi connectivity index (χ4n) is 2.14. The smallest absolute Gasteiger partial charge is 0.409 e. The summed E-state index contributed by atoms with van der Waals surface area (Å²) < 4.78 is 10.3. The molecule has 2 rings (SSSR count). The number of hydrogen-bond donors (Lipinski definition) is 0. The van der Waals surface area contributed by atoms with Gasteiger partial charge in [-0.05, 0) is 13.3 Å².